The molecule has 0 bridgehead atoms. The standard InChI is InChI=1S/C14H18N6O2/c1-18-12-3-2-10(8-11(12)16-17-18)14(22)20-6-4-19(5-7-20)9-13(15)21/h2-3,8H,4-7,9H2,1H3,(H2,15,21). The fraction of sp³-hybridized carbons (Fsp3) is 0.429. The third-order valence-electron chi connectivity index (χ3n) is 3.90. The Kier molecular flexibility index (Phi) is 3.76. The van der Waals surface area contributed by atoms with Crippen molar-refractivity contribution in [1.82, 2.24) is 24.8 Å². The molecule has 1 aliphatic rings. The van der Waals surface area contributed by atoms with Crippen molar-refractivity contribution < 1.29 is 9.59 Å². The van der Waals surface area contributed by atoms with Crippen LogP contribution in [0.25, 0.3) is 11.0 Å². The lowest BCUT2D eigenvalue weighted by atomic mass is 10.1. The van der Waals surface area contributed by atoms with Crippen LogP contribution in [0.15, 0.2) is 18.2 Å². The van der Waals surface area contributed by atoms with E-state index >= 15 is 0 Å². The highest BCUT2D eigenvalue weighted by molar-refractivity contribution is 5.97. The number of aryl methyl sites for hydroxylation is 1. The summed E-state index contributed by atoms with van der Waals surface area (Å²) >= 11 is 0. The van der Waals surface area contributed by atoms with Gasteiger partial charge in [-0.2, -0.15) is 0 Å². The van der Waals surface area contributed by atoms with Gasteiger partial charge in [0.05, 0.1) is 12.1 Å². The predicted molar refractivity (Wildman–Crippen MR) is 80.0 cm³/mol. The van der Waals surface area contributed by atoms with Gasteiger partial charge in [-0.3, -0.25) is 14.5 Å². The molecule has 2 amide bonds. The maximum Gasteiger partial charge on any atom is 0.254 e. The third-order valence-corrected chi connectivity index (χ3v) is 3.90. The maximum atomic E-state index is 12.5. The highest BCUT2D eigenvalue weighted by Gasteiger charge is 2.23. The molecule has 2 heterocycles. The van der Waals surface area contributed by atoms with E-state index in [2.05, 4.69) is 10.3 Å². The van der Waals surface area contributed by atoms with E-state index in [9.17, 15) is 9.59 Å². The molecule has 8 heteroatoms. The number of rotatable bonds is 3. The van der Waals surface area contributed by atoms with Gasteiger partial charge in [0.2, 0.25) is 5.91 Å². The Morgan fingerprint density at radius 3 is 2.64 bits per heavy atom. The second-order valence-corrected chi connectivity index (χ2v) is 5.45. The van der Waals surface area contributed by atoms with Crippen LogP contribution in [0.2, 0.25) is 0 Å². The zero-order valence-corrected chi connectivity index (χ0v) is 12.4. The van der Waals surface area contributed by atoms with Crippen molar-refractivity contribution >= 4 is 22.8 Å². The highest BCUT2D eigenvalue weighted by atomic mass is 16.2. The molecule has 1 aliphatic heterocycles. The minimum absolute atomic E-state index is 0.0220. The van der Waals surface area contributed by atoms with E-state index in [1.807, 2.05) is 18.0 Å². The van der Waals surface area contributed by atoms with Gasteiger partial charge in [-0.15, -0.1) is 5.10 Å². The number of piperazine rings is 1. The first-order valence-electron chi connectivity index (χ1n) is 7.14. The van der Waals surface area contributed by atoms with Crippen LogP contribution in [0.1, 0.15) is 10.4 Å². The van der Waals surface area contributed by atoms with Crippen molar-refractivity contribution in [2.24, 2.45) is 12.8 Å². The summed E-state index contributed by atoms with van der Waals surface area (Å²) in [5.74, 6) is -0.362. The Hall–Kier alpha value is -2.48. The largest absolute Gasteiger partial charge is 0.369 e. The van der Waals surface area contributed by atoms with Crippen molar-refractivity contribution in [3.05, 3.63) is 23.8 Å². The number of benzene rings is 1. The zero-order chi connectivity index (χ0) is 15.7. The van der Waals surface area contributed by atoms with Crippen LogP contribution in [0, 0.1) is 0 Å². The quantitative estimate of drug-likeness (QED) is 0.801. The summed E-state index contributed by atoms with van der Waals surface area (Å²) in [5.41, 5.74) is 7.40. The second kappa shape index (κ2) is 5.72. The Labute approximate surface area is 127 Å². The zero-order valence-electron chi connectivity index (χ0n) is 12.4. The van der Waals surface area contributed by atoms with Crippen molar-refractivity contribution in [2.45, 2.75) is 0 Å². The number of carbonyl (C=O) groups excluding carboxylic acids is 2. The number of primary amides is 1. The maximum absolute atomic E-state index is 12.5. The number of carbonyl (C=O) groups is 2. The molecule has 1 aromatic heterocycles. The fourth-order valence-corrected chi connectivity index (χ4v) is 2.69. The number of fused-ring (bicyclic) bond motifs is 1. The molecule has 0 unspecified atom stereocenters. The molecule has 1 aromatic carbocycles. The van der Waals surface area contributed by atoms with Gasteiger partial charge in [0, 0.05) is 38.8 Å². The van der Waals surface area contributed by atoms with Gasteiger partial charge >= 0.3 is 0 Å². The number of nitrogens with zero attached hydrogens (tertiary/aromatic N) is 5. The summed E-state index contributed by atoms with van der Waals surface area (Å²) in [6.07, 6.45) is 0. The van der Waals surface area contributed by atoms with Crippen LogP contribution in [0.5, 0.6) is 0 Å². The van der Waals surface area contributed by atoms with Crippen LogP contribution in [0.3, 0.4) is 0 Å². The van der Waals surface area contributed by atoms with Gasteiger partial charge in [-0.05, 0) is 18.2 Å². The molecule has 1 fully saturated rings. The molecule has 22 heavy (non-hydrogen) atoms. The smallest absolute Gasteiger partial charge is 0.254 e. The molecule has 116 valence electrons. The lowest BCUT2D eigenvalue weighted by molar-refractivity contribution is -0.119. The topological polar surface area (TPSA) is 97.3 Å². The summed E-state index contributed by atoms with van der Waals surface area (Å²) < 4.78 is 1.67. The Morgan fingerprint density at radius 1 is 1.23 bits per heavy atom. The first kappa shape index (κ1) is 14.5. The van der Waals surface area contributed by atoms with Gasteiger partial charge in [0.25, 0.3) is 5.91 Å². The summed E-state index contributed by atoms with van der Waals surface area (Å²) in [6, 6.07) is 5.41. The molecule has 2 N–H and O–H groups in total. The summed E-state index contributed by atoms with van der Waals surface area (Å²) in [7, 11) is 1.81. The highest BCUT2D eigenvalue weighted by Crippen LogP contribution is 2.15. The first-order chi connectivity index (χ1) is 10.5. The van der Waals surface area contributed by atoms with Crippen molar-refractivity contribution in [1.29, 1.82) is 0 Å². The molecule has 0 saturated carbocycles. The minimum atomic E-state index is -0.340. The van der Waals surface area contributed by atoms with Gasteiger partial charge in [-0.25, -0.2) is 4.68 Å². The van der Waals surface area contributed by atoms with E-state index in [4.69, 9.17) is 5.73 Å². The van der Waals surface area contributed by atoms with Crippen LogP contribution in [0.4, 0.5) is 0 Å². The van der Waals surface area contributed by atoms with E-state index in [0.29, 0.717) is 37.3 Å². The second-order valence-electron chi connectivity index (χ2n) is 5.45. The molecule has 0 spiro atoms. The normalized spacial score (nSPS) is 16.1. The number of hydrogen-bond donors (Lipinski definition) is 1. The van der Waals surface area contributed by atoms with Crippen LogP contribution in [-0.2, 0) is 11.8 Å². The molecule has 0 radical (unpaired) electrons. The van der Waals surface area contributed by atoms with E-state index in [1.54, 1.807) is 21.7 Å². The van der Waals surface area contributed by atoms with E-state index < -0.39 is 0 Å². The SMILES string of the molecule is Cn1nnc2cc(C(=O)N3CCN(CC(N)=O)CC3)ccc21. The fourth-order valence-electron chi connectivity index (χ4n) is 2.69. The van der Waals surface area contributed by atoms with Gasteiger partial charge in [-0.1, -0.05) is 5.21 Å². The molecule has 0 aliphatic carbocycles. The average Bonchev–Trinajstić information content (AvgIpc) is 2.88. The molecule has 1 saturated heterocycles. The lowest BCUT2D eigenvalue weighted by Crippen LogP contribution is -2.50. The number of aromatic nitrogens is 3. The molecular formula is C14H18N6O2. The first-order valence-corrected chi connectivity index (χ1v) is 7.14. The number of nitrogens with two attached hydrogens (primary N) is 1. The number of amides is 2. The lowest BCUT2D eigenvalue weighted by Gasteiger charge is -2.34. The summed E-state index contributed by atoms with van der Waals surface area (Å²) in [5, 5.41) is 7.97. The average molecular weight is 302 g/mol. The van der Waals surface area contributed by atoms with Crippen LogP contribution >= 0.6 is 0 Å². The van der Waals surface area contributed by atoms with E-state index in [-0.39, 0.29) is 18.4 Å². The van der Waals surface area contributed by atoms with Crippen LogP contribution in [-0.4, -0.2) is 69.3 Å². The molecule has 2 aromatic rings. The minimum Gasteiger partial charge on any atom is -0.369 e. The van der Waals surface area contributed by atoms with Crippen LogP contribution < -0.4 is 5.73 Å². The predicted octanol–water partition coefficient (Wildman–Crippen LogP) is -0.789. The van der Waals surface area contributed by atoms with Gasteiger partial charge in [0.15, 0.2) is 0 Å². The monoisotopic (exact) mass is 302 g/mol. The third kappa shape index (κ3) is 2.77. The Bertz CT molecular complexity index is 717. The van der Waals surface area contributed by atoms with E-state index in [0.717, 1.165) is 5.52 Å². The van der Waals surface area contributed by atoms with Gasteiger partial charge in [0.1, 0.15) is 5.52 Å². The van der Waals surface area contributed by atoms with Crippen molar-refractivity contribution in [3.63, 3.8) is 0 Å². The summed E-state index contributed by atoms with van der Waals surface area (Å²) in [4.78, 5) is 27.2. The number of hydrogen-bond acceptors (Lipinski definition) is 5. The molecule has 8 nitrogen and oxygen atoms in total. The molecular weight excluding hydrogens is 284 g/mol. The Morgan fingerprint density at radius 2 is 1.95 bits per heavy atom. The van der Waals surface area contributed by atoms with Crippen molar-refractivity contribution in [2.75, 3.05) is 32.7 Å². The molecule has 0 atom stereocenters. The van der Waals surface area contributed by atoms with E-state index in [1.165, 1.54) is 0 Å². The molecule has 3 rings (SSSR count). The van der Waals surface area contributed by atoms with Gasteiger partial charge < -0.3 is 10.6 Å². The summed E-state index contributed by atoms with van der Waals surface area (Å²) in [6.45, 7) is 2.73. The Balaban J connectivity index is 1.69. The van der Waals surface area contributed by atoms with Crippen molar-refractivity contribution in [3.8, 4) is 0 Å².